The van der Waals surface area contributed by atoms with Crippen molar-refractivity contribution < 1.29 is 20.1 Å². The van der Waals surface area contributed by atoms with Crippen molar-refractivity contribution in [2.75, 3.05) is 0 Å². The summed E-state index contributed by atoms with van der Waals surface area (Å²) in [6, 6.07) is 0. The fourth-order valence-corrected chi connectivity index (χ4v) is 8.71. The number of carbonyl (C=O) groups is 1. The van der Waals surface area contributed by atoms with Gasteiger partial charge < -0.3 is 15.3 Å². The van der Waals surface area contributed by atoms with Crippen LogP contribution in [-0.4, -0.2) is 33.5 Å². The van der Waals surface area contributed by atoms with Gasteiger partial charge in [-0.25, -0.2) is 0 Å². The third-order valence-electron chi connectivity index (χ3n) is 10.3. The molecular weight excluding hydrogens is 352 g/mol. The van der Waals surface area contributed by atoms with Crippen molar-refractivity contribution >= 4 is 5.97 Å². The standard InChI is InChI=1S/C24H40O4/c1-14(4-9-22(27)28)18-7-8-19-17-6-5-15-12-16(25)10-11-23(15,2)20(17)13-21(26)24(18,19)3/h14-21,25-26H,4-13H2,1-3H3,(H,27,28)/t14?,15-,16+,17?,18+,19?,20?,21-,23-,24+/m0/s1. The Labute approximate surface area is 170 Å². The van der Waals surface area contributed by atoms with E-state index in [1.807, 2.05) is 0 Å². The number of aliphatic carboxylic acids is 1. The van der Waals surface area contributed by atoms with Crippen LogP contribution >= 0.6 is 0 Å². The van der Waals surface area contributed by atoms with Gasteiger partial charge in [-0.05, 0) is 104 Å². The predicted molar refractivity (Wildman–Crippen MR) is 109 cm³/mol. The molecule has 4 fully saturated rings. The molecule has 0 bridgehead atoms. The summed E-state index contributed by atoms with van der Waals surface area (Å²) in [6.45, 7) is 6.99. The second-order valence-corrected chi connectivity index (χ2v) is 11.3. The quantitative estimate of drug-likeness (QED) is 0.659. The van der Waals surface area contributed by atoms with Gasteiger partial charge in [-0.1, -0.05) is 20.8 Å². The predicted octanol–water partition coefficient (Wildman–Crippen LogP) is 4.48. The molecule has 10 atom stereocenters. The normalized spacial score (nSPS) is 51.7. The van der Waals surface area contributed by atoms with Gasteiger partial charge in [0, 0.05) is 6.42 Å². The third-order valence-corrected chi connectivity index (χ3v) is 10.3. The topological polar surface area (TPSA) is 77.8 Å². The largest absolute Gasteiger partial charge is 0.481 e. The Kier molecular flexibility index (Phi) is 5.36. The molecule has 0 radical (unpaired) electrons. The molecule has 160 valence electrons. The van der Waals surface area contributed by atoms with Crippen LogP contribution < -0.4 is 0 Å². The van der Waals surface area contributed by atoms with Gasteiger partial charge in [-0.3, -0.25) is 4.79 Å². The van der Waals surface area contributed by atoms with Crippen LogP contribution in [-0.2, 0) is 4.79 Å². The maximum atomic E-state index is 11.5. The molecule has 0 aliphatic heterocycles. The van der Waals surface area contributed by atoms with E-state index in [2.05, 4.69) is 20.8 Å². The van der Waals surface area contributed by atoms with Crippen molar-refractivity contribution in [1.29, 1.82) is 0 Å². The first-order valence-electron chi connectivity index (χ1n) is 11.8. The van der Waals surface area contributed by atoms with E-state index < -0.39 is 5.97 Å². The first-order valence-corrected chi connectivity index (χ1v) is 11.8. The molecule has 0 spiro atoms. The number of carboxylic acid groups (broad SMARTS) is 1. The molecule has 3 N–H and O–H groups in total. The zero-order valence-corrected chi connectivity index (χ0v) is 17.9. The number of hydrogen-bond acceptors (Lipinski definition) is 3. The molecule has 0 aromatic heterocycles. The van der Waals surface area contributed by atoms with Crippen molar-refractivity contribution in [3.05, 3.63) is 0 Å². The zero-order chi connectivity index (χ0) is 20.3. The Balaban J connectivity index is 1.56. The number of aliphatic hydroxyl groups excluding tert-OH is 2. The first kappa shape index (κ1) is 20.7. The first-order chi connectivity index (χ1) is 13.2. The third kappa shape index (κ3) is 3.05. The lowest BCUT2D eigenvalue weighted by molar-refractivity contribution is -0.175. The summed E-state index contributed by atoms with van der Waals surface area (Å²) in [5.41, 5.74) is 0.216. The molecule has 4 nitrogen and oxygen atoms in total. The molecule has 0 amide bonds. The van der Waals surface area contributed by atoms with Crippen molar-refractivity contribution in [2.24, 2.45) is 46.3 Å². The lowest BCUT2D eigenvalue weighted by Gasteiger charge is -2.62. The van der Waals surface area contributed by atoms with Gasteiger partial charge in [-0.2, -0.15) is 0 Å². The molecular formula is C24H40O4. The van der Waals surface area contributed by atoms with Gasteiger partial charge >= 0.3 is 5.97 Å². The van der Waals surface area contributed by atoms with Gasteiger partial charge in [0.1, 0.15) is 0 Å². The molecule has 0 saturated heterocycles. The summed E-state index contributed by atoms with van der Waals surface area (Å²) in [7, 11) is 0. The summed E-state index contributed by atoms with van der Waals surface area (Å²) in [5.74, 6) is 2.55. The van der Waals surface area contributed by atoms with Crippen molar-refractivity contribution in [2.45, 2.75) is 97.2 Å². The van der Waals surface area contributed by atoms with Gasteiger partial charge in [0.15, 0.2) is 0 Å². The van der Waals surface area contributed by atoms with Gasteiger partial charge in [0.05, 0.1) is 12.2 Å². The Morgan fingerprint density at radius 1 is 1.04 bits per heavy atom. The molecule has 4 aliphatic rings. The monoisotopic (exact) mass is 392 g/mol. The molecule has 4 saturated carbocycles. The van der Waals surface area contributed by atoms with Gasteiger partial charge in [-0.15, -0.1) is 0 Å². The number of hydrogen-bond donors (Lipinski definition) is 3. The van der Waals surface area contributed by atoms with Gasteiger partial charge in [0.25, 0.3) is 0 Å². The smallest absolute Gasteiger partial charge is 0.303 e. The molecule has 0 aromatic rings. The second-order valence-electron chi connectivity index (χ2n) is 11.3. The maximum absolute atomic E-state index is 11.5. The van der Waals surface area contributed by atoms with Crippen LogP contribution in [0, 0.1) is 46.3 Å². The minimum Gasteiger partial charge on any atom is -0.481 e. The lowest BCUT2D eigenvalue weighted by Crippen LogP contribution is -2.58. The highest BCUT2D eigenvalue weighted by atomic mass is 16.4. The Morgan fingerprint density at radius 2 is 1.79 bits per heavy atom. The highest BCUT2D eigenvalue weighted by Gasteiger charge is 2.63. The van der Waals surface area contributed by atoms with E-state index in [1.165, 1.54) is 19.3 Å². The van der Waals surface area contributed by atoms with Crippen LogP contribution in [0.2, 0.25) is 0 Å². The lowest BCUT2D eigenvalue weighted by atomic mass is 9.43. The van der Waals surface area contributed by atoms with Crippen LogP contribution in [0.3, 0.4) is 0 Å². The van der Waals surface area contributed by atoms with E-state index in [1.54, 1.807) is 0 Å². The number of rotatable bonds is 4. The number of aliphatic hydroxyl groups is 2. The number of carboxylic acids is 1. The van der Waals surface area contributed by atoms with E-state index in [9.17, 15) is 15.0 Å². The molecule has 0 aromatic carbocycles. The average Bonchev–Trinajstić information content (AvgIpc) is 3.00. The summed E-state index contributed by atoms with van der Waals surface area (Å²) in [4.78, 5) is 11.1. The Morgan fingerprint density at radius 3 is 2.50 bits per heavy atom. The van der Waals surface area contributed by atoms with Crippen LogP contribution in [0.4, 0.5) is 0 Å². The molecule has 4 rings (SSSR count). The zero-order valence-electron chi connectivity index (χ0n) is 17.9. The maximum Gasteiger partial charge on any atom is 0.303 e. The minimum atomic E-state index is -0.707. The summed E-state index contributed by atoms with van der Waals surface area (Å²) < 4.78 is 0. The van der Waals surface area contributed by atoms with Gasteiger partial charge in [0.2, 0.25) is 0 Å². The second kappa shape index (κ2) is 7.27. The summed E-state index contributed by atoms with van der Waals surface area (Å²) >= 11 is 0. The average molecular weight is 393 g/mol. The van der Waals surface area contributed by atoms with E-state index in [0.29, 0.717) is 35.5 Å². The van der Waals surface area contributed by atoms with Crippen LogP contribution in [0.1, 0.15) is 85.0 Å². The highest BCUT2D eigenvalue weighted by Crippen LogP contribution is 2.68. The van der Waals surface area contributed by atoms with Crippen LogP contribution in [0.15, 0.2) is 0 Å². The molecule has 0 heterocycles. The van der Waals surface area contributed by atoms with Crippen LogP contribution in [0.25, 0.3) is 0 Å². The molecule has 4 aliphatic carbocycles. The summed E-state index contributed by atoms with van der Waals surface area (Å²) in [5, 5.41) is 30.8. The van der Waals surface area contributed by atoms with Crippen LogP contribution in [0.5, 0.6) is 0 Å². The van der Waals surface area contributed by atoms with Crippen molar-refractivity contribution in [3.63, 3.8) is 0 Å². The van der Waals surface area contributed by atoms with Crippen molar-refractivity contribution in [1.82, 2.24) is 0 Å². The van der Waals surface area contributed by atoms with E-state index in [4.69, 9.17) is 5.11 Å². The van der Waals surface area contributed by atoms with Crippen molar-refractivity contribution in [3.8, 4) is 0 Å². The van der Waals surface area contributed by atoms with E-state index in [-0.39, 0.29) is 29.5 Å². The highest BCUT2D eigenvalue weighted by molar-refractivity contribution is 5.66. The Hall–Kier alpha value is -0.610. The van der Waals surface area contributed by atoms with E-state index in [0.717, 1.165) is 38.5 Å². The molecule has 4 unspecified atom stereocenters. The minimum absolute atomic E-state index is 0.0591. The summed E-state index contributed by atoms with van der Waals surface area (Å²) in [6.07, 6.45) is 9.26. The molecule has 4 heteroatoms. The molecule has 28 heavy (non-hydrogen) atoms. The SMILES string of the molecule is CC(CCC(=O)O)[C@H]1CCC2C3CC[C@H]4C[C@H](O)CC[C@]4(C)C3C[C@H](O)[C@@]21C. The Bertz CT molecular complexity index is 605. The van der Waals surface area contributed by atoms with E-state index >= 15 is 0 Å². The number of fused-ring (bicyclic) bond motifs is 5. The fourth-order valence-electron chi connectivity index (χ4n) is 8.71. The fraction of sp³-hybridized carbons (Fsp3) is 0.958.